The molecular formula is C26H22N2O3. The molecular weight excluding hydrogens is 388 g/mol. The summed E-state index contributed by atoms with van der Waals surface area (Å²) in [6, 6.07) is 23.0. The van der Waals surface area contributed by atoms with Crippen LogP contribution in [0.15, 0.2) is 90.6 Å². The SMILES string of the molecule is Cc1ccc(NC(=O)C(Cc2ccccc2)NC2=CC(=O)c3ccccc3C2=O)cc1. The topological polar surface area (TPSA) is 75.3 Å². The molecule has 0 fully saturated rings. The quantitative estimate of drug-likeness (QED) is 0.642. The van der Waals surface area contributed by atoms with Gasteiger partial charge in [0.25, 0.3) is 0 Å². The first kappa shape index (κ1) is 20.3. The molecule has 0 aliphatic heterocycles. The van der Waals surface area contributed by atoms with Gasteiger partial charge in [-0.05, 0) is 24.6 Å². The minimum Gasteiger partial charge on any atom is -0.370 e. The predicted octanol–water partition coefficient (Wildman–Crippen LogP) is 4.10. The van der Waals surface area contributed by atoms with Crippen LogP contribution in [0.1, 0.15) is 31.8 Å². The van der Waals surface area contributed by atoms with E-state index in [9.17, 15) is 14.4 Å². The fraction of sp³-hybridized carbons (Fsp3) is 0.115. The van der Waals surface area contributed by atoms with Gasteiger partial charge in [0.2, 0.25) is 11.7 Å². The molecule has 0 bridgehead atoms. The Morgan fingerprint density at radius 1 is 0.839 bits per heavy atom. The molecule has 3 aromatic rings. The number of ketones is 2. The van der Waals surface area contributed by atoms with E-state index in [0.29, 0.717) is 23.2 Å². The molecule has 1 aliphatic rings. The zero-order valence-corrected chi connectivity index (χ0v) is 17.1. The first-order valence-electron chi connectivity index (χ1n) is 10.1. The molecule has 0 saturated carbocycles. The molecule has 1 atom stereocenters. The molecule has 0 saturated heterocycles. The van der Waals surface area contributed by atoms with Crippen LogP contribution in [0.25, 0.3) is 0 Å². The Kier molecular flexibility index (Phi) is 5.76. The lowest BCUT2D eigenvalue weighted by atomic mass is 9.92. The molecule has 1 aliphatic carbocycles. The van der Waals surface area contributed by atoms with Crippen molar-refractivity contribution < 1.29 is 14.4 Å². The van der Waals surface area contributed by atoms with Crippen LogP contribution in [0.2, 0.25) is 0 Å². The molecule has 0 radical (unpaired) electrons. The Labute approximate surface area is 180 Å². The molecule has 1 amide bonds. The molecule has 154 valence electrons. The van der Waals surface area contributed by atoms with Gasteiger partial charge in [-0.25, -0.2) is 0 Å². The van der Waals surface area contributed by atoms with Crippen LogP contribution in [-0.4, -0.2) is 23.5 Å². The maximum atomic E-state index is 13.1. The monoisotopic (exact) mass is 410 g/mol. The van der Waals surface area contributed by atoms with E-state index in [1.165, 1.54) is 6.08 Å². The van der Waals surface area contributed by atoms with E-state index in [-0.39, 0.29) is 23.2 Å². The maximum absolute atomic E-state index is 13.1. The van der Waals surface area contributed by atoms with Crippen LogP contribution in [-0.2, 0) is 11.2 Å². The summed E-state index contributed by atoms with van der Waals surface area (Å²) in [5, 5.41) is 5.93. The lowest BCUT2D eigenvalue weighted by Gasteiger charge is -2.23. The summed E-state index contributed by atoms with van der Waals surface area (Å²) in [6.07, 6.45) is 1.64. The van der Waals surface area contributed by atoms with Gasteiger partial charge in [-0.3, -0.25) is 14.4 Å². The van der Waals surface area contributed by atoms with E-state index in [2.05, 4.69) is 10.6 Å². The molecule has 5 heteroatoms. The molecule has 0 spiro atoms. The van der Waals surface area contributed by atoms with Gasteiger partial charge in [0.1, 0.15) is 6.04 Å². The van der Waals surface area contributed by atoms with Crippen molar-refractivity contribution in [2.45, 2.75) is 19.4 Å². The maximum Gasteiger partial charge on any atom is 0.247 e. The van der Waals surface area contributed by atoms with Gasteiger partial charge < -0.3 is 10.6 Å². The van der Waals surface area contributed by atoms with Gasteiger partial charge in [0.05, 0.1) is 5.70 Å². The van der Waals surface area contributed by atoms with Gasteiger partial charge in [0, 0.05) is 29.3 Å². The highest BCUT2D eigenvalue weighted by molar-refractivity contribution is 6.24. The standard InChI is InChI=1S/C26H22N2O3/c1-17-11-13-19(14-12-17)27-26(31)23(15-18-7-3-2-4-8-18)28-22-16-24(29)20-9-5-6-10-21(20)25(22)30/h2-14,16,23,28H,15H2,1H3,(H,27,31). The molecule has 0 heterocycles. The predicted molar refractivity (Wildman–Crippen MR) is 120 cm³/mol. The number of aryl methyl sites for hydroxylation is 1. The van der Waals surface area contributed by atoms with Crippen LogP contribution in [0, 0.1) is 6.92 Å². The molecule has 5 nitrogen and oxygen atoms in total. The van der Waals surface area contributed by atoms with Crippen molar-refractivity contribution in [1.29, 1.82) is 0 Å². The van der Waals surface area contributed by atoms with E-state index >= 15 is 0 Å². The summed E-state index contributed by atoms with van der Waals surface area (Å²) in [5.41, 5.74) is 3.54. The fourth-order valence-corrected chi connectivity index (χ4v) is 3.54. The number of rotatable bonds is 6. The number of allylic oxidation sites excluding steroid dienone is 2. The van der Waals surface area contributed by atoms with Crippen LogP contribution in [0.4, 0.5) is 5.69 Å². The Morgan fingerprint density at radius 2 is 1.48 bits per heavy atom. The van der Waals surface area contributed by atoms with Crippen molar-refractivity contribution >= 4 is 23.2 Å². The van der Waals surface area contributed by atoms with E-state index < -0.39 is 6.04 Å². The van der Waals surface area contributed by atoms with Gasteiger partial charge >= 0.3 is 0 Å². The second kappa shape index (κ2) is 8.79. The van der Waals surface area contributed by atoms with E-state index in [4.69, 9.17) is 0 Å². The largest absolute Gasteiger partial charge is 0.370 e. The number of benzene rings is 3. The summed E-state index contributed by atoms with van der Waals surface area (Å²) < 4.78 is 0. The Bertz CT molecular complexity index is 1160. The molecule has 2 N–H and O–H groups in total. The van der Waals surface area contributed by atoms with Crippen LogP contribution in [0.3, 0.4) is 0 Å². The highest BCUT2D eigenvalue weighted by Crippen LogP contribution is 2.21. The van der Waals surface area contributed by atoms with Crippen molar-refractivity contribution in [2.24, 2.45) is 0 Å². The third-order valence-electron chi connectivity index (χ3n) is 5.21. The molecule has 3 aromatic carbocycles. The number of carbonyl (C=O) groups excluding carboxylic acids is 3. The van der Waals surface area contributed by atoms with E-state index in [1.807, 2.05) is 61.5 Å². The highest BCUT2D eigenvalue weighted by atomic mass is 16.2. The number of hydrogen-bond donors (Lipinski definition) is 2. The van der Waals surface area contributed by atoms with Crippen molar-refractivity contribution in [3.8, 4) is 0 Å². The summed E-state index contributed by atoms with van der Waals surface area (Å²) in [6.45, 7) is 1.97. The minimum absolute atomic E-state index is 0.128. The van der Waals surface area contributed by atoms with Crippen molar-refractivity contribution in [3.63, 3.8) is 0 Å². The number of anilines is 1. The third-order valence-corrected chi connectivity index (χ3v) is 5.21. The van der Waals surface area contributed by atoms with E-state index in [1.54, 1.807) is 24.3 Å². The number of nitrogens with one attached hydrogen (secondary N) is 2. The first-order chi connectivity index (χ1) is 15.0. The number of fused-ring (bicyclic) bond motifs is 1. The van der Waals surface area contributed by atoms with Crippen LogP contribution < -0.4 is 10.6 Å². The van der Waals surface area contributed by atoms with E-state index in [0.717, 1.165) is 11.1 Å². The lowest BCUT2D eigenvalue weighted by Crippen LogP contribution is -2.44. The van der Waals surface area contributed by atoms with Gasteiger partial charge in [-0.1, -0.05) is 72.3 Å². The summed E-state index contributed by atoms with van der Waals surface area (Å²) in [5.74, 6) is -0.834. The zero-order valence-electron chi connectivity index (χ0n) is 17.1. The summed E-state index contributed by atoms with van der Waals surface area (Å²) in [7, 11) is 0. The number of carbonyl (C=O) groups is 3. The minimum atomic E-state index is -0.739. The number of Topliss-reactive ketones (excluding diaryl/α,β-unsaturated/α-hetero) is 1. The first-order valence-corrected chi connectivity index (χ1v) is 10.1. The van der Waals surface area contributed by atoms with Crippen molar-refractivity contribution in [3.05, 3.63) is 113 Å². The highest BCUT2D eigenvalue weighted by Gasteiger charge is 2.29. The van der Waals surface area contributed by atoms with Crippen molar-refractivity contribution in [2.75, 3.05) is 5.32 Å². The van der Waals surface area contributed by atoms with Crippen LogP contribution >= 0.6 is 0 Å². The smallest absolute Gasteiger partial charge is 0.247 e. The Hall–Kier alpha value is -3.99. The van der Waals surface area contributed by atoms with Crippen LogP contribution in [0.5, 0.6) is 0 Å². The molecule has 31 heavy (non-hydrogen) atoms. The van der Waals surface area contributed by atoms with Crippen molar-refractivity contribution in [1.82, 2.24) is 5.32 Å². The summed E-state index contributed by atoms with van der Waals surface area (Å²) >= 11 is 0. The average Bonchev–Trinajstić information content (AvgIpc) is 2.79. The second-order valence-electron chi connectivity index (χ2n) is 7.54. The average molecular weight is 410 g/mol. The third kappa shape index (κ3) is 4.61. The Balaban J connectivity index is 1.60. The molecule has 0 aromatic heterocycles. The normalized spacial score (nSPS) is 13.8. The molecule has 4 rings (SSSR count). The van der Waals surface area contributed by atoms with Gasteiger partial charge in [0.15, 0.2) is 5.78 Å². The zero-order chi connectivity index (χ0) is 21.8. The second-order valence-corrected chi connectivity index (χ2v) is 7.54. The molecule has 1 unspecified atom stereocenters. The fourth-order valence-electron chi connectivity index (χ4n) is 3.54. The number of hydrogen-bond acceptors (Lipinski definition) is 4. The van der Waals surface area contributed by atoms with Gasteiger partial charge in [-0.15, -0.1) is 0 Å². The number of amides is 1. The van der Waals surface area contributed by atoms with Gasteiger partial charge in [-0.2, -0.15) is 0 Å². The summed E-state index contributed by atoms with van der Waals surface area (Å²) in [4.78, 5) is 38.6. The Morgan fingerprint density at radius 3 is 2.19 bits per heavy atom. The lowest BCUT2D eigenvalue weighted by molar-refractivity contribution is -0.117.